The van der Waals surface area contributed by atoms with Gasteiger partial charge in [-0.15, -0.1) is 0 Å². The van der Waals surface area contributed by atoms with Crippen LogP contribution in [0, 0.1) is 0 Å². The van der Waals surface area contributed by atoms with E-state index in [4.69, 9.17) is 0 Å². The molecule has 0 aromatic heterocycles. The Labute approximate surface area is 159 Å². The highest BCUT2D eigenvalue weighted by atomic mass is 16.3. The molecule has 1 rings (SSSR count). The average molecular weight is 367 g/mol. The summed E-state index contributed by atoms with van der Waals surface area (Å²) in [5, 5.41) is 39.7. The largest absolute Gasteiger partial charge is 0.393 e. The second-order valence-electron chi connectivity index (χ2n) is 8.98. The Bertz CT molecular complexity index is 495. The summed E-state index contributed by atoms with van der Waals surface area (Å²) >= 11 is 0. The molecule has 1 aliphatic rings. The fourth-order valence-corrected chi connectivity index (χ4v) is 3.26. The fourth-order valence-electron chi connectivity index (χ4n) is 3.26. The summed E-state index contributed by atoms with van der Waals surface area (Å²) in [5.41, 5.74) is 1.52. The van der Waals surface area contributed by atoms with Crippen LogP contribution in [-0.2, 0) is 0 Å². The van der Waals surface area contributed by atoms with Gasteiger partial charge in [0.15, 0.2) is 0 Å². The van der Waals surface area contributed by atoms with Crippen LogP contribution in [0.3, 0.4) is 0 Å². The molecular weight excluding hydrogens is 328 g/mol. The molecule has 0 bridgehead atoms. The molecule has 1 aliphatic carbocycles. The van der Waals surface area contributed by atoms with Gasteiger partial charge in [-0.1, -0.05) is 24.3 Å². The Balaban J connectivity index is 2.78. The molecule has 0 aliphatic heterocycles. The van der Waals surface area contributed by atoms with Gasteiger partial charge in [-0.25, -0.2) is 0 Å². The van der Waals surface area contributed by atoms with Gasteiger partial charge in [0, 0.05) is 6.42 Å². The van der Waals surface area contributed by atoms with Gasteiger partial charge in [0.05, 0.1) is 23.4 Å². The smallest absolute Gasteiger partial charge is 0.0811 e. The van der Waals surface area contributed by atoms with Gasteiger partial charge >= 0.3 is 0 Å². The molecular formula is C22H38O4. The fraction of sp³-hybridized carbons (Fsp3) is 0.727. The molecule has 0 aromatic rings. The predicted octanol–water partition coefficient (Wildman–Crippen LogP) is 3.79. The molecule has 1 saturated carbocycles. The zero-order chi connectivity index (χ0) is 20.0. The van der Waals surface area contributed by atoms with Gasteiger partial charge in [0.1, 0.15) is 0 Å². The van der Waals surface area contributed by atoms with Crippen LogP contribution in [0.4, 0.5) is 0 Å². The Morgan fingerprint density at radius 2 is 1.54 bits per heavy atom. The monoisotopic (exact) mass is 366 g/mol. The molecule has 1 fully saturated rings. The zero-order valence-corrected chi connectivity index (χ0v) is 17.0. The lowest BCUT2D eigenvalue weighted by atomic mass is 9.85. The third-order valence-corrected chi connectivity index (χ3v) is 4.86. The molecule has 4 nitrogen and oxygen atoms in total. The van der Waals surface area contributed by atoms with Crippen LogP contribution in [-0.4, -0.2) is 43.8 Å². The van der Waals surface area contributed by atoms with Crippen LogP contribution in [0.1, 0.15) is 79.1 Å². The summed E-state index contributed by atoms with van der Waals surface area (Å²) in [6, 6.07) is 0. The van der Waals surface area contributed by atoms with Crippen LogP contribution in [0.5, 0.6) is 0 Å². The quantitative estimate of drug-likeness (QED) is 0.500. The lowest BCUT2D eigenvalue weighted by Crippen LogP contribution is -2.26. The molecule has 26 heavy (non-hydrogen) atoms. The Hall–Kier alpha value is -0.940. The van der Waals surface area contributed by atoms with Crippen LogP contribution in [0.15, 0.2) is 35.5 Å². The van der Waals surface area contributed by atoms with Gasteiger partial charge in [0.2, 0.25) is 0 Å². The second-order valence-corrected chi connectivity index (χ2v) is 8.98. The number of hydrogen-bond acceptors (Lipinski definition) is 4. The summed E-state index contributed by atoms with van der Waals surface area (Å²) in [4.78, 5) is 0. The summed E-state index contributed by atoms with van der Waals surface area (Å²) < 4.78 is 0. The third-order valence-electron chi connectivity index (χ3n) is 4.86. The van der Waals surface area contributed by atoms with Crippen molar-refractivity contribution >= 4 is 0 Å². The van der Waals surface area contributed by atoms with Crippen LogP contribution in [0.2, 0.25) is 0 Å². The third kappa shape index (κ3) is 9.67. The number of allylic oxidation sites excluding steroid dienone is 3. The Morgan fingerprint density at radius 3 is 2.00 bits per heavy atom. The molecule has 4 N–H and O–H groups in total. The first-order valence-electron chi connectivity index (χ1n) is 9.76. The van der Waals surface area contributed by atoms with E-state index in [1.54, 1.807) is 0 Å². The number of hydrogen-bond donors (Lipinski definition) is 4. The van der Waals surface area contributed by atoms with Crippen molar-refractivity contribution < 1.29 is 20.4 Å². The number of aliphatic hydroxyl groups excluding tert-OH is 2. The SMILES string of the molecule is C=C1/C(=C\C=C(CCCC(C)(C)O)CCCC(C)(C)O)C[C@H](O)C[C@H]1O. The van der Waals surface area contributed by atoms with Crippen molar-refractivity contribution in [3.63, 3.8) is 0 Å². The zero-order valence-electron chi connectivity index (χ0n) is 17.0. The van der Waals surface area contributed by atoms with Crippen LogP contribution >= 0.6 is 0 Å². The lowest BCUT2D eigenvalue weighted by Gasteiger charge is -2.26. The molecule has 0 unspecified atom stereocenters. The van der Waals surface area contributed by atoms with Gasteiger partial charge in [0.25, 0.3) is 0 Å². The number of aliphatic hydroxyl groups is 4. The van der Waals surface area contributed by atoms with E-state index in [1.165, 1.54) is 5.57 Å². The van der Waals surface area contributed by atoms with Gasteiger partial charge in [-0.05, 0) is 83.8 Å². The standard InChI is InChI=1S/C22H38O4/c1-16-18(14-19(23)15-20(16)24)11-10-17(8-6-12-21(2,3)25)9-7-13-22(4,5)26/h10-11,19-20,23-26H,1,6-9,12-15H2,2-5H3/b18-11-/t19-,20+/m0/s1. The van der Waals surface area contributed by atoms with E-state index in [9.17, 15) is 20.4 Å². The summed E-state index contributed by atoms with van der Waals surface area (Å²) in [5.74, 6) is 0. The molecule has 2 atom stereocenters. The minimum atomic E-state index is -0.674. The van der Waals surface area contributed by atoms with Crippen molar-refractivity contribution in [3.8, 4) is 0 Å². The van der Waals surface area contributed by atoms with E-state index in [0.717, 1.165) is 44.1 Å². The molecule has 0 spiro atoms. The van der Waals surface area contributed by atoms with Crippen molar-refractivity contribution in [3.05, 3.63) is 35.5 Å². The lowest BCUT2D eigenvalue weighted by molar-refractivity contribution is 0.0681. The average Bonchev–Trinajstić information content (AvgIpc) is 2.46. The minimum absolute atomic E-state index is 0.351. The second kappa shape index (κ2) is 9.84. The highest BCUT2D eigenvalue weighted by Crippen LogP contribution is 2.29. The first-order valence-corrected chi connectivity index (χ1v) is 9.76. The Kier molecular flexibility index (Phi) is 8.74. The van der Waals surface area contributed by atoms with Gasteiger partial charge in [-0.2, -0.15) is 0 Å². The normalized spacial score (nSPS) is 23.4. The Morgan fingerprint density at radius 1 is 1.04 bits per heavy atom. The van der Waals surface area contributed by atoms with Crippen molar-refractivity contribution in [1.29, 1.82) is 0 Å². The first kappa shape index (κ1) is 23.1. The maximum absolute atomic E-state index is 9.97. The van der Waals surface area contributed by atoms with Gasteiger partial charge < -0.3 is 20.4 Å². The van der Waals surface area contributed by atoms with E-state index < -0.39 is 23.4 Å². The molecule has 0 aromatic carbocycles. The van der Waals surface area contributed by atoms with E-state index in [-0.39, 0.29) is 0 Å². The molecule has 0 heterocycles. The predicted molar refractivity (Wildman–Crippen MR) is 107 cm³/mol. The molecule has 4 heteroatoms. The van der Waals surface area contributed by atoms with Gasteiger partial charge in [-0.3, -0.25) is 0 Å². The molecule has 150 valence electrons. The molecule has 0 saturated heterocycles. The summed E-state index contributed by atoms with van der Waals surface area (Å²) in [7, 11) is 0. The van der Waals surface area contributed by atoms with Crippen molar-refractivity contribution in [1.82, 2.24) is 0 Å². The van der Waals surface area contributed by atoms with Crippen molar-refractivity contribution in [2.24, 2.45) is 0 Å². The minimum Gasteiger partial charge on any atom is -0.393 e. The molecule has 0 amide bonds. The topological polar surface area (TPSA) is 80.9 Å². The van der Waals surface area contributed by atoms with E-state index in [1.807, 2.05) is 33.8 Å². The van der Waals surface area contributed by atoms with Crippen molar-refractivity contribution in [2.75, 3.05) is 0 Å². The van der Waals surface area contributed by atoms with Crippen LogP contribution < -0.4 is 0 Å². The van der Waals surface area contributed by atoms with E-state index in [2.05, 4.69) is 12.7 Å². The highest BCUT2D eigenvalue weighted by molar-refractivity contribution is 5.37. The maximum Gasteiger partial charge on any atom is 0.0811 e. The maximum atomic E-state index is 9.97. The summed E-state index contributed by atoms with van der Waals surface area (Å²) in [6.07, 6.45) is 8.74. The van der Waals surface area contributed by atoms with Crippen molar-refractivity contribution in [2.45, 2.75) is 102 Å². The van der Waals surface area contributed by atoms with E-state index in [0.29, 0.717) is 18.4 Å². The highest BCUT2D eigenvalue weighted by Gasteiger charge is 2.24. The summed E-state index contributed by atoms with van der Waals surface area (Å²) in [6.45, 7) is 11.2. The van der Waals surface area contributed by atoms with E-state index >= 15 is 0 Å². The molecule has 0 radical (unpaired) electrons. The van der Waals surface area contributed by atoms with Crippen LogP contribution in [0.25, 0.3) is 0 Å². The first-order chi connectivity index (χ1) is 11.9. The number of rotatable bonds is 9.